The summed E-state index contributed by atoms with van der Waals surface area (Å²) in [6.07, 6.45) is 0. The quantitative estimate of drug-likeness (QED) is 0.439. The van der Waals surface area contributed by atoms with Crippen LogP contribution in [0.5, 0.6) is 5.75 Å². The standard InChI is InChI=1S/C19H13N5O7S/c25-17(8-22-15-7-13(24(29)30)4-5-16(15)31-9-18(22)26)21-19-20-14(10-32-19)11-2-1-3-12(6-11)23(27)28/h1-7,10H,8-9H2,(H,20,21,25). The lowest BCUT2D eigenvalue weighted by atomic mass is 10.1. The van der Waals surface area contributed by atoms with E-state index in [4.69, 9.17) is 4.74 Å². The van der Waals surface area contributed by atoms with Crippen LogP contribution in [-0.4, -0.2) is 39.8 Å². The minimum atomic E-state index is -0.609. The summed E-state index contributed by atoms with van der Waals surface area (Å²) in [4.78, 5) is 51.1. The number of nitrogens with one attached hydrogen (secondary N) is 1. The summed E-state index contributed by atoms with van der Waals surface area (Å²) < 4.78 is 5.28. The molecule has 3 aromatic rings. The van der Waals surface area contributed by atoms with E-state index in [0.717, 1.165) is 16.2 Å². The molecule has 1 aliphatic rings. The van der Waals surface area contributed by atoms with E-state index in [2.05, 4.69) is 10.3 Å². The van der Waals surface area contributed by atoms with Gasteiger partial charge >= 0.3 is 0 Å². The molecule has 1 aromatic heterocycles. The fraction of sp³-hybridized carbons (Fsp3) is 0.105. The molecule has 0 radical (unpaired) electrons. The summed E-state index contributed by atoms with van der Waals surface area (Å²) >= 11 is 1.11. The molecule has 0 fully saturated rings. The van der Waals surface area contributed by atoms with Gasteiger partial charge < -0.3 is 10.1 Å². The number of rotatable bonds is 6. The number of thiazole rings is 1. The van der Waals surface area contributed by atoms with Crippen LogP contribution in [0.3, 0.4) is 0 Å². The lowest BCUT2D eigenvalue weighted by molar-refractivity contribution is -0.385. The number of amides is 2. The Kier molecular flexibility index (Phi) is 5.47. The molecule has 1 aliphatic heterocycles. The van der Waals surface area contributed by atoms with Gasteiger partial charge in [-0.15, -0.1) is 11.3 Å². The van der Waals surface area contributed by atoms with E-state index in [1.54, 1.807) is 11.4 Å². The van der Waals surface area contributed by atoms with Crippen molar-refractivity contribution < 1.29 is 24.2 Å². The molecule has 1 N–H and O–H groups in total. The Bertz CT molecular complexity index is 1260. The van der Waals surface area contributed by atoms with Crippen molar-refractivity contribution in [1.82, 2.24) is 4.98 Å². The lowest BCUT2D eigenvalue weighted by Crippen LogP contribution is -2.43. The zero-order valence-corrected chi connectivity index (χ0v) is 16.9. The van der Waals surface area contributed by atoms with E-state index in [1.165, 1.54) is 36.4 Å². The highest BCUT2D eigenvalue weighted by molar-refractivity contribution is 7.14. The maximum absolute atomic E-state index is 12.5. The van der Waals surface area contributed by atoms with Crippen LogP contribution in [-0.2, 0) is 9.59 Å². The Morgan fingerprint density at radius 1 is 1.16 bits per heavy atom. The van der Waals surface area contributed by atoms with E-state index in [1.807, 2.05) is 0 Å². The molecule has 2 aromatic carbocycles. The molecule has 32 heavy (non-hydrogen) atoms. The second kappa shape index (κ2) is 8.39. The molecular weight excluding hydrogens is 442 g/mol. The van der Waals surface area contributed by atoms with Gasteiger partial charge in [0, 0.05) is 35.2 Å². The van der Waals surface area contributed by atoms with Crippen LogP contribution in [0.4, 0.5) is 22.2 Å². The van der Waals surface area contributed by atoms with Crippen molar-refractivity contribution in [1.29, 1.82) is 0 Å². The van der Waals surface area contributed by atoms with Gasteiger partial charge in [-0.2, -0.15) is 0 Å². The Balaban J connectivity index is 1.50. The van der Waals surface area contributed by atoms with E-state index in [-0.39, 0.29) is 34.6 Å². The highest BCUT2D eigenvalue weighted by Crippen LogP contribution is 2.35. The van der Waals surface area contributed by atoms with Crippen molar-refractivity contribution in [2.75, 3.05) is 23.4 Å². The van der Waals surface area contributed by atoms with Crippen LogP contribution in [0.25, 0.3) is 11.3 Å². The third-order valence-electron chi connectivity index (χ3n) is 4.50. The SMILES string of the molecule is O=C(CN1C(=O)COc2ccc([N+](=O)[O-])cc21)Nc1nc(-c2cccc([N+](=O)[O-])c2)cs1. The molecule has 0 spiro atoms. The Morgan fingerprint density at radius 2 is 1.91 bits per heavy atom. The largest absolute Gasteiger partial charge is 0.482 e. The normalized spacial score (nSPS) is 12.6. The van der Waals surface area contributed by atoms with Gasteiger partial charge in [0.15, 0.2) is 11.7 Å². The highest BCUT2D eigenvalue weighted by atomic mass is 32.1. The number of fused-ring (bicyclic) bond motifs is 1. The van der Waals surface area contributed by atoms with E-state index < -0.39 is 28.2 Å². The molecule has 0 bridgehead atoms. The number of hydrogen-bond donors (Lipinski definition) is 1. The van der Waals surface area contributed by atoms with Crippen LogP contribution in [0.15, 0.2) is 47.8 Å². The number of nitrogens with zero attached hydrogens (tertiary/aromatic N) is 4. The maximum atomic E-state index is 12.5. The van der Waals surface area contributed by atoms with Crippen LogP contribution >= 0.6 is 11.3 Å². The first kappa shape index (κ1) is 20.9. The van der Waals surface area contributed by atoms with Crippen molar-refractivity contribution in [3.63, 3.8) is 0 Å². The first-order valence-corrected chi connectivity index (χ1v) is 9.91. The monoisotopic (exact) mass is 455 g/mol. The molecule has 0 saturated carbocycles. The van der Waals surface area contributed by atoms with Gasteiger partial charge in [-0.3, -0.25) is 34.7 Å². The van der Waals surface area contributed by atoms with Gasteiger partial charge in [-0.25, -0.2) is 4.98 Å². The number of aromatic nitrogens is 1. The number of nitro groups is 2. The van der Waals surface area contributed by atoms with Crippen LogP contribution < -0.4 is 15.0 Å². The number of ether oxygens (including phenoxy) is 1. The van der Waals surface area contributed by atoms with E-state index >= 15 is 0 Å². The van der Waals surface area contributed by atoms with Gasteiger partial charge in [0.25, 0.3) is 17.3 Å². The molecule has 4 rings (SSSR count). The summed E-state index contributed by atoms with van der Waals surface area (Å²) in [6, 6.07) is 9.71. The Morgan fingerprint density at radius 3 is 2.66 bits per heavy atom. The molecule has 13 heteroatoms. The topological polar surface area (TPSA) is 158 Å². The summed E-state index contributed by atoms with van der Waals surface area (Å²) in [5, 5.41) is 26.4. The zero-order valence-electron chi connectivity index (χ0n) is 16.1. The summed E-state index contributed by atoms with van der Waals surface area (Å²) in [7, 11) is 0. The minimum Gasteiger partial charge on any atom is -0.482 e. The highest BCUT2D eigenvalue weighted by Gasteiger charge is 2.29. The number of carbonyl (C=O) groups excluding carboxylic acids is 2. The third-order valence-corrected chi connectivity index (χ3v) is 5.26. The van der Waals surface area contributed by atoms with Crippen LogP contribution in [0, 0.1) is 20.2 Å². The average molecular weight is 455 g/mol. The van der Waals surface area contributed by atoms with Crippen LogP contribution in [0.2, 0.25) is 0 Å². The number of non-ortho nitro benzene ring substituents is 2. The average Bonchev–Trinajstić information content (AvgIpc) is 3.23. The Labute approximate surface area is 183 Å². The second-order valence-corrected chi connectivity index (χ2v) is 7.43. The lowest BCUT2D eigenvalue weighted by Gasteiger charge is -2.28. The predicted octanol–water partition coefficient (Wildman–Crippen LogP) is 2.99. The van der Waals surface area contributed by atoms with Crippen molar-refractivity contribution in [2.45, 2.75) is 0 Å². The molecule has 162 valence electrons. The molecule has 0 unspecified atom stereocenters. The number of carbonyl (C=O) groups is 2. The fourth-order valence-electron chi connectivity index (χ4n) is 3.02. The molecule has 0 saturated heterocycles. The van der Waals surface area contributed by atoms with Gasteiger partial charge in [0.05, 0.1) is 21.2 Å². The molecule has 2 heterocycles. The van der Waals surface area contributed by atoms with Crippen molar-refractivity contribution >= 4 is 45.3 Å². The van der Waals surface area contributed by atoms with Gasteiger partial charge in [-0.1, -0.05) is 12.1 Å². The molecule has 0 atom stereocenters. The second-order valence-electron chi connectivity index (χ2n) is 6.57. The summed E-state index contributed by atoms with van der Waals surface area (Å²) in [5.74, 6) is -0.840. The molecule has 0 aliphatic carbocycles. The first-order chi connectivity index (χ1) is 15.3. The number of anilines is 2. The van der Waals surface area contributed by atoms with Crippen molar-refractivity contribution in [3.05, 3.63) is 68.1 Å². The predicted molar refractivity (Wildman–Crippen MR) is 114 cm³/mol. The van der Waals surface area contributed by atoms with Gasteiger partial charge in [0.2, 0.25) is 5.91 Å². The van der Waals surface area contributed by atoms with Crippen LogP contribution in [0.1, 0.15) is 0 Å². The van der Waals surface area contributed by atoms with E-state index in [0.29, 0.717) is 11.3 Å². The molecule has 2 amide bonds. The van der Waals surface area contributed by atoms with Gasteiger partial charge in [-0.05, 0) is 6.07 Å². The Hall–Kier alpha value is -4.39. The number of benzene rings is 2. The smallest absolute Gasteiger partial charge is 0.271 e. The molecular formula is C19H13N5O7S. The van der Waals surface area contributed by atoms with Crippen molar-refractivity contribution in [2.24, 2.45) is 0 Å². The number of hydrogen-bond acceptors (Lipinski definition) is 9. The van der Waals surface area contributed by atoms with E-state index in [9.17, 15) is 29.8 Å². The molecule has 12 nitrogen and oxygen atoms in total. The minimum absolute atomic E-state index is 0.0836. The summed E-state index contributed by atoms with van der Waals surface area (Å²) in [6.45, 7) is -0.700. The fourth-order valence-corrected chi connectivity index (χ4v) is 3.76. The van der Waals surface area contributed by atoms with Gasteiger partial charge in [0.1, 0.15) is 12.3 Å². The van der Waals surface area contributed by atoms with Crippen molar-refractivity contribution in [3.8, 4) is 17.0 Å². The number of nitro benzene ring substituents is 2. The third kappa shape index (κ3) is 4.22. The maximum Gasteiger partial charge on any atom is 0.271 e. The summed E-state index contributed by atoms with van der Waals surface area (Å²) in [5.41, 5.74) is 0.758. The zero-order chi connectivity index (χ0) is 22.8. The first-order valence-electron chi connectivity index (χ1n) is 9.03.